The summed E-state index contributed by atoms with van der Waals surface area (Å²) in [6.45, 7) is 4.24. The number of hydrogen-bond acceptors (Lipinski definition) is 3. The Morgan fingerprint density at radius 3 is 2.56 bits per heavy atom. The van der Waals surface area contributed by atoms with Crippen molar-refractivity contribution in [1.82, 2.24) is 0 Å². The van der Waals surface area contributed by atoms with Gasteiger partial charge in [0.1, 0.15) is 5.37 Å². The Morgan fingerprint density at radius 1 is 1.03 bits per heavy atom. The third kappa shape index (κ3) is 4.73. The summed E-state index contributed by atoms with van der Waals surface area (Å²) in [7, 11) is 0. The van der Waals surface area contributed by atoms with Gasteiger partial charge in [-0.15, -0.1) is 11.8 Å². The van der Waals surface area contributed by atoms with E-state index in [-0.39, 0.29) is 17.2 Å². The van der Waals surface area contributed by atoms with Crippen LogP contribution in [0.1, 0.15) is 52.7 Å². The number of aryl methyl sites for hydroxylation is 2. The zero-order valence-corrected chi connectivity index (χ0v) is 19.3. The fourth-order valence-electron chi connectivity index (χ4n) is 4.02. The average molecular weight is 445 g/mol. The molecule has 164 valence electrons. The maximum atomic E-state index is 12.9. The van der Waals surface area contributed by atoms with Gasteiger partial charge in [0.25, 0.3) is 5.91 Å². The predicted octanol–water partition coefficient (Wildman–Crippen LogP) is 6.23. The number of benzene rings is 3. The van der Waals surface area contributed by atoms with E-state index in [2.05, 4.69) is 25.2 Å². The van der Waals surface area contributed by atoms with E-state index in [0.717, 1.165) is 36.2 Å². The van der Waals surface area contributed by atoms with E-state index in [1.54, 1.807) is 11.8 Å². The zero-order valence-electron chi connectivity index (χ0n) is 18.5. The van der Waals surface area contributed by atoms with Gasteiger partial charge in [0.2, 0.25) is 5.91 Å². The number of hydrogen-bond donors (Lipinski definition) is 1. The van der Waals surface area contributed by atoms with Crippen molar-refractivity contribution in [1.29, 1.82) is 0 Å². The van der Waals surface area contributed by atoms with Crippen LogP contribution in [-0.4, -0.2) is 17.6 Å². The summed E-state index contributed by atoms with van der Waals surface area (Å²) in [5, 5.41) is 2.90. The lowest BCUT2D eigenvalue weighted by Crippen LogP contribution is -2.28. The number of rotatable bonds is 7. The van der Waals surface area contributed by atoms with Gasteiger partial charge in [0.05, 0.1) is 5.75 Å². The number of nitrogens with one attached hydrogen (secondary N) is 1. The maximum Gasteiger partial charge on any atom is 0.255 e. The van der Waals surface area contributed by atoms with Gasteiger partial charge >= 0.3 is 0 Å². The van der Waals surface area contributed by atoms with Crippen molar-refractivity contribution in [3.05, 3.63) is 95.1 Å². The molecule has 1 heterocycles. The van der Waals surface area contributed by atoms with Crippen LogP contribution in [0.15, 0.2) is 72.8 Å². The van der Waals surface area contributed by atoms with E-state index in [4.69, 9.17) is 0 Å². The molecule has 5 heteroatoms. The van der Waals surface area contributed by atoms with Crippen molar-refractivity contribution in [2.24, 2.45) is 0 Å². The first kappa shape index (κ1) is 22.2. The van der Waals surface area contributed by atoms with E-state index in [1.165, 1.54) is 11.1 Å². The second kappa shape index (κ2) is 10.0. The molecule has 0 aliphatic carbocycles. The molecule has 0 saturated carbocycles. The molecule has 0 aromatic heterocycles. The number of carbonyl (C=O) groups is 2. The van der Waals surface area contributed by atoms with Crippen molar-refractivity contribution < 1.29 is 9.59 Å². The lowest BCUT2D eigenvalue weighted by Gasteiger charge is -2.27. The zero-order chi connectivity index (χ0) is 22.5. The van der Waals surface area contributed by atoms with Crippen LogP contribution >= 0.6 is 11.8 Å². The Labute approximate surface area is 194 Å². The normalized spacial score (nSPS) is 15.8. The Hall–Kier alpha value is -3.05. The molecule has 1 saturated heterocycles. The maximum absolute atomic E-state index is 12.9. The topological polar surface area (TPSA) is 49.4 Å². The molecule has 1 unspecified atom stereocenters. The smallest absolute Gasteiger partial charge is 0.255 e. The third-order valence-corrected chi connectivity index (χ3v) is 6.90. The number of anilines is 2. The standard InChI is InChI=1S/C27H28N2O2S/c1-3-8-20-9-5-6-12-24(20)29-25(30)18-32-27(29)22-10-7-11-23(17-22)28-26(31)21-15-13-19(4-2)14-16-21/h5-7,9-17,27H,3-4,8,18H2,1-2H3,(H,28,31). The minimum Gasteiger partial charge on any atom is -0.322 e. The average Bonchev–Trinajstić information content (AvgIpc) is 3.21. The summed E-state index contributed by atoms with van der Waals surface area (Å²) in [4.78, 5) is 27.5. The quantitative estimate of drug-likeness (QED) is 0.470. The highest BCUT2D eigenvalue weighted by Gasteiger charge is 2.35. The second-order valence-electron chi connectivity index (χ2n) is 7.94. The highest BCUT2D eigenvalue weighted by Crippen LogP contribution is 2.43. The van der Waals surface area contributed by atoms with Crippen molar-refractivity contribution in [3.8, 4) is 0 Å². The molecule has 0 spiro atoms. The van der Waals surface area contributed by atoms with Crippen LogP contribution in [0.5, 0.6) is 0 Å². The lowest BCUT2D eigenvalue weighted by atomic mass is 10.1. The number of carbonyl (C=O) groups excluding carboxylic acids is 2. The van der Waals surface area contributed by atoms with Crippen LogP contribution < -0.4 is 10.2 Å². The molecule has 4 rings (SSSR count). The molecular formula is C27H28N2O2S. The van der Waals surface area contributed by atoms with Crippen molar-refractivity contribution in [2.45, 2.75) is 38.5 Å². The fraction of sp³-hybridized carbons (Fsp3) is 0.259. The Kier molecular flexibility index (Phi) is 6.96. The summed E-state index contributed by atoms with van der Waals surface area (Å²) >= 11 is 1.63. The van der Waals surface area contributed by atoms with Gasteiger partial charge in [-0.2, -0.15) is 0 Å². The molecule has 1 N–H and O–H groups in total. The molecule has 1 aliphatic heterocycles. The summed E-state index contributed by atoms with van der Waals surface area (Å²) in [6.07, 6.45) is 2.90. The molecule has 32 heavy (non-hydrogen) atoms. The van der Waals surface area contributed by atoms with Crippen LogP contribution in [0.25, 0.3) is 0 Å². The molecule has 3 aromatic carbocycles. The molecular weight excluding hydrogens is 416 g/mol. The fourth-order valence-corrected chi connectivity index (χ4v) is 5.18. The summed E-state index contributed by atoms with van der Waals surface area (Å²) in [6, 6.07) is 23.7. The summed E-state index contributed by atoms with van der Waals surface area (Å²) < 4.78 is 0. The molecule has 2 amide bonds. The Balaban J connectivity index is 1.58. The third-order valence-electron chi connectivity index (χ3n) is 5.69. The van der Waals surface area contributed by atoms with Gasteiger partial charge in [-0.05, 0) is 59.9 Å². The largest absolute Gasteiger partial charge is 0.322 e. The second-order valence-corrected chi connectivity index (χ2v) is 9.00. The monoisotopic (exact) mass is 444 g/mol. The van der Waals surface area contributed by atoms with E-state index >= 15 is 0 Å². The molecule has 1 aliphatic rings. The van der Waals surface area contributed by atoms with E-state index in [0.29, 0.717) is 11.3 Å². The summed E-state index contributed by atoms with van der Waals surface area (Å²) in [5.74, 6) is 0.435. The van der Waals surface area contributed by atoms with Crippen LogP contribution in [0, 0.1) is 0 Å². The van der Waals surface area contributed by atoms with Crippen LogP contribution in [0.2, 0.25) is 0 Å². The number of thioether (sulfide) groups is 1. The van der Waals surface area contributed by atoms with Gasteiger partial charge in [0.15, 0.2) is 0 Å². The number of para-hydroxylation sites is 1. The first-order valence-corrected chi connectivity index (χ1v) is 12.2. The molecule has 0 radical (unpaired) electrons. The first-order chi connectivity index (χ1) is 15.6. The number of amides is 2. The van der Waals surface area contributed by atoms with Crippen molar-refractivity contribution >= 4 is 35.0 Å². The predicted molar refractivity (Wildman–Crippen MR) is 133 cm³/mol. The molecule has 0 bridgehead atoms. The van der Waals surface area contributed by atoms with Gasteiger partial charge in [-0.3, -0.25) is 14.5 Å². The minimum absolute atomic E-state index is 0.110. The van der Waals surface area contributed by atoms with Gasteiger partial charge in [-0.25, -0.2) is 0 Å². The van der Waals surface area contributed by atoms with Gasteiger partial charge in [-0.1, -0.05) is 62.7 Å². The van der Waals surface area contributed by atoms with Crippen LogP contribution in [0.3, 0.4) is 0 Å². The lowest BCUT2D eigenvalue weighted by molar-refractivity contribution is -0.115. The van der Waals surface area contributed by atoms with Gasteiger partial charge < -0.3 is 5.32 Å². The van der Waals surface area contributed by atoms with E-state index in [1.807, 2.05) is 71.6 Å². The van der Waals surface area contributed by atoms with Gasteiger partial charge in [0, 0.05) is 16.9 Å². The molecule has 1 fully saturated rings. The Morgan fingerprint density at radius 2 is 1.81 bits per heavy atom. The minimum atomic E-state index is -0.134. The highest BCUT2D eigenvalue weighted by atomic mass is 32.2. The summed E-state index contributed by atoms with van der Waals surface area (Å²) in [5.41, 5.74) is 5.75. The first-order valence-electron chi connectivity index (χ1n) is 11.1. The van der Waals surface area contributed by atoms with Crippen LogP contribution in [-0.2, 0) is 17.6 Å². The highest BCUT2D eigenvalue weighted by molar-refractivity contribution is 8.00. The van der Waals surface area contributed by atoms with E-state index < -0.39 is 0 Å². The molecule has 3 aromatic rings. The Bertz CT molecular complexity index is 1110. The number of nitrogens with zero attached hydrogens (tertiary/aromatic N) is 1. The van der Waals surface area contributed by atoms with E-state index in [9.17, 15) is 9.59 Å². The van der Waals surface area contributed by atoms with Crippen molar-refractivity contribution in [2.75, 3.05) is 16.0 Å². The van der Waals surface area contributed by atoms with Crippen LogP contribution in [0.4, 0.5) is 11.4 Å². The molecule has 1 atom stereocenters. The molecule has 4 nitrogen and oxygen atoms in total. The SMILES string of the molecule is CCCc1ccccc1N1C(=O)CSC1c1cccc(NC(=O)c2ccc(CC)cc2)c1. The van der Waals surface area contributed by atoms with Crippen molar-refractivity contribution in [3.63, 3.8) is 0 Å².